The van der Waals surface area contributed by atoms with Crippen LogP contribution in [0.15, 0.2) is 47.8 Å². The van der Waals surface area contributed by atoms with E-state index >= 15 is 0 Å². The van der Waals surface area contributed by atoms with Crippen molar-refractivity contribution in [2.24, 2.45) is 5.92 Å². The van der Waals surface area contributed by atoms with E-state index in [1.54, 1.807) is 17.9 Å². The molecule has 4 rings (SSSR count). The zero-order valence-corrected chi connectivity index (χ0v) is 18.6. The van der Waals surface area contributed by atoms with Crippen LogP contribution in [0.4, 0.5) is 0 Å². The van der Waals surface area contributed by atoms with Crippen LogP contribution in [-0.2, 0) is 19.1 Å². The number of esters is 2. The molecule has 3 heterocycles. The van der Waals surface area contributed by atoms with Crippen molar-refractivity contribution in [1.29, 1.82) is 0 Å². The third kappa shape index (κ3) is 4.80. The number of hydrogen-bond acceptors (Lipinski definition) is 7. The molecule has 0 saturated carbocycles. The molecule has 8 heteroatoms. The number of fused-ring (bicyclic) bond motifs is 1. The Balaban J connectivity index is 1.42. The molecule has 0 spiro atoms. The number of para-hydroxylation sites is 1. The van der Waals surface area contributed by atoms with Crippen LogP contribution in [-0.4, -0.2) is 54.0 Å². The van der Waals surface area contributed by atoms with Crippen LogP contribution in [0.2, 0.25) is 0 Å². The maximum Gasteiger partial charge on any atom is 0.339 e. The van der Waals surface area contributed by atoms with Crippen molar-refractivity contribution in [3.8, 4) is 10.6 Å². The number of hydrogen-bond donors (Lipinski definition) is 0. The molecular weight excluding hydrogens is 428 g/mol. The van der Waals surface area contributed by atoms with E-state index in [0.717, 1.165) is 4.88 Å². The molecule has 7 nitrogen and oxygen atoms in total. The van der Waals surface area contributed by atoms with Gasteiger partial charge in [0.05, 0.1) is 34.2 Å². The summed E-state index contributed by atoms with van der Waals surface area (Å²) in [4.78, 5) is 44.6. The third-order valence-corrected chi connectivity index (χ3v) is 6.40. The van der Waals surface area contributed by atoms with Crippen molar-refractivity contribution in [3.05, 3.63) is 53.4 Å². The van der Waals surface area contributed by atoms with Gasteiger partial charge in [-0.3, -0.25) is 9.59 Å². The monoisotopic (exact) mass is 452 g/mol. The highest BCUT2D eigenvalue weighted by Gasteiger charge is 2.28. The van der Waals surface area contributed by atoms with Crippen LogP contribution in [0.1, 0.15) is 30.1 Å². The molecule has 0 unspecified atom stereocenters. The van der Waals surface area contributed by atoms with Crippen molar-refractivity contribution in [3.63, 3.8) is 0 Å². The number of pyridine rings is 1. The summed E-state index contributed by atoms with van der Waals surface area (Å²) in [6.07, 6.45) is 1.11. The van der Waals surface area contributed by atoms with Crippen LogP contribution in [0.25, 0.3) is 21.5 Å². The van der Waals surface area contributed by atoms with Crippen molar-refractivity contribution in [2.45, 2.75) is 19.8 Å². The summed E-state index contributed by atoms with van der Waals surface area (Å²) in [5.41, 5.74) is 1.77. The zero-order chi connectivity index (χ0) is 22.5. The molecule has 1 aliphatic heterocycles. The van der Waals surface area contributed by atoms with E-state index in [0.29, 0.717) is 54.7 Å². The standard InChI is InChI=1S/C24H24N2O5S/c1-2-30-23(28)16-9-11-26(12-10-16)22(27)15-31-24(29)18-14-20(21-8-5-13-32-21)25-19-7-4-3-6-17(18)19/h3-8,13-14,16H,2,9-12,15H2,1H3. The topological polar surface area (TPSA) is 85.8 Å². The largest absolute Gasteiger partial charge is 0.466 e. The van der Waals surface area contributed by atoms with Gasteiger partial charge in [0.25, 0.3) is 5.91 Å². The minimum atomic E-state index is -0.559. The minimum absolute atomic E-state index is 0.180. The molecule has 1 aromatic carbocycles. The quantitative estimate of drug-likeness (QED) is 0.527. The number of likely N-dealkylation sites (tertiary alicyclic amines) is 1. The smallest absolute Gasteiger partial charge is 0.339 e. The fourth-order valence-corrected chi connectivity index (χ4v) is 4.50. The molecule has 0 radical (unpaired) electrons. The molecule has 0 aliphatic carbocycles. The van der Waals surface area contributed by atoms with E-state index in [-0.39, 0.29) is 24.4 Å². The van der Waals surface area contributed by atoms with Gasteiger partial charge in [-0.25, -0.2) is 9.78 Å². The first-order chi connectivity index (χ1) is 15.6. The number of rotatable bonds is 6. The maximum absolute atomic E-state index is 12.9. The maximum atomic E-state index is 12.9. The summed E-state index contributed by atoms with van der Waals surface area (Å²) >= 11 is 1.54. The second kappa shape index (κ2) is 9.91. The molecular formula is C24H24N2O5S. The van der Waals surface area contributed by atoms with Gasteiger partial charge in [-0.1, -0.05) is 24.3 Å². The summed E-state index contributed by atoms with van der Waals surface area (Å²) in [5.74, 6) is -1.22. The second-order valence-electron chi connectivity index (χ2n) is 7.53. The number of nitrogens with zero attached hydrogens (tertiary/aromatic N) is 2. The van der Waals surface area contributed by atoms with Gasteiger partial charge in [0, 0.05) is 18.5 Å². The Hall–Kier alpha value is -3.26. The summed E-state index contributed by atoms with van der Waals surface area (Å²) in [6.45, 7) is 2.68. The lowest BCUT2D eigenvalue weighted by Gasteiger charge is -2.30. The van der Waals surface area contributed by atoms with E-state index in [9.17, 15) is 14.4 Å². The summed E-state index contributed by atoms with van der Waals surface area (Å²) in [5, 5.41) is 2.63. The van der Waals surface area contributed by atoms with Crippen molar-refractivity contribution < 1.29 is 23.9 Å². The first-order valence-corrected chi connectivity index (χ1v) is 11.5. The molecule has 3 aromatic rings. The second-order valence-corrected chi connectivity index (χ2v) is 8.48. The molecule has 1 aliphatic rings. The molecule has 2 aromatic heterocycles. The molecule has 0 N–H and O–H groups in total. The number of benzene rings is 1. The predicted molar refractivity (Wildman–Crippen MR) is 121 cm³/mol. The minimum Gasteiger partial charge on any atom is -0.466 e. The van der Waals surface area contributed by atoms with E-state index in [1.807, 2.05) is 41.8 Å². The Morgan fingerprint density at radius 2 is 1.88 bits per heavy atom. The summed E-state index contributed by atoms with van der Waals surface area (Å²) in [6, 6.07) is 13.0. The average molecular weight is 453 g/mol. The van der Waals surface area contributed by atoms with Gasteiger partial charge in [-0.15, -0.1) is 11.3 Å². The van der Waals surface area contributed by atoms with Gasteiger partial charge in [-0.05, 0) is 43.3 Å². The van der Waals surface area contributed by atoms with Crippen LogP contribution < -0.4 is 0 Å². The highest BCUT2D eigenvalue weighted by molar-refractivity contribution is 7.13. The van der Waals surface area contributed by atoms with Gasteiger partial charge in [0.2, 0.25) is 0 Å². The first kappa shape index (κ1) is 22.0. The van der Waals surface area contributed by atoms with Crippen molar-refractivity contribution in [1.82, 2.24) is 9.88 Å². The Labute approximate surface area is 190 Å². The Morgan fingerprint density at radius 1 is 1.09 bits per heavy atom. The highest BCUT2D eigenvalue weighted by Crippen LogP contribution is 2.28. The average Bonchev–Trinajstić information content (AvgIpc) is 3.37. The van der Waals surface area contributed by atoms with E-state index in [4.69, 9.17) is 9.47 Å². The number of thiophene rings is 1. The third-order valence-electron chi connectivity index (χ3n) is 5.50. The van der Waals surface area contributed by atoms with Gasteiger partial charge >= 0.3 is 11.9 Å². The molecule has 1 fully saturated rings. The highest BCUT2D eigenvalue weighted by atomic mass is 32.1. The van der Waals surface area contributed by atoms with Crippen LogP contribution >= 0.6 is 11.3 Å². The van der Waals surface area contributed by atoms with Gasteiger partial charge in [0.15, 0.2) is 6.61 Å². The lowest BCUT2D eigenvalue weighted by atomic mass is 9.97. The summed E-state index contributed by atoms with van der Waals surface area (Å²) in [7, 11) is 0. The van der Waals surface area contributed by atoms with Crippen molar-refractivity contribution >= 4 is 40.1 Å². The number of amides is 1. The molecule has 1 amide bonds. The normalized spacial score (nSPS) is 14.3. The fraction of sp³-hybridized carbons (Fsp3) is 0.333. The van der Waals surface area contributed by atoms with Crippen LogP contribution in [0.5, 0.6) is 0 Å². The molecule has 0 atom stereocenters. The number of aromatic nitrogens is 1. The van der Waals surface area contributed by atoms with Crippen LogP contribution in [0.3, 0.4) is 0 Å². The summed E-state index contributed by atoms with van der Waals surface area (Å²) < 4.78 is 10.5. The number of carbonyl (C=O) groups excluding carboxylic acids is 3. The first-order valence-electron chi connectivity index (χ1n) is 10.6. The fourth-order valence-electron chi connectivity index (χ4n) is 3.82. The lowest BCUT2D eigenvalue weighted by Crippen LogP contribution is -2.42. The Morgan fingerprint density at radius 3 is 2.59 bits per heavy atom. The zero-order valence-electron chi connectivity index (χ0n) is 17.8. The van der Waals surface area contributed by atoms with Gasteiger partial charge in [0.1, 0.15) is 0 Å². The molecule has 166 valence electrons. The SMILES string of the molecule is CCOC(=O)C1CCN(C(=O)COC(=O)c2cc(-c3cccs3)nc3ccccc23)CC1. The van der Waals surface area contributed by atoms with Gasteiger partial charge in [-0.2, -0.15) is 0 Å². The van der Waals surface area contributed by atoms with E-state index in [2.05, 4.69) is 4.98 Å². The van der Waals surface area contributed by atoms with Gasteiger partial charge < -0.3 is 14.4 Å². The Bertz CT molecular complexity index is 1120. The van der Waals surface area contributed by atoms with E-state index < -0.39 is 5.97 Å². The Kier molecular flexibility index (Phi) is 6.80. The van der Waals surface area contributed by atoms with Crippen molar-refractivity contribution in [2.75, 3.05) is 26.3 Å². The predicted octanol–water partition coefficient (Wildman–Crippen LogP) is 3.92. The van der Waals surface area contributed by atoms with E-state index in [1.165, 1.54) is 11.3 Å². The molecule has 32 heavy (non-hydrogen) atoms. The molecule has 1 saturated heterocycles. The number of carbonyl (C=O) groups is 3. The molecule has 0 bridgehead atoms. The number of piperidine rings is 1. The lowest BCUT2D eigenvalue weighted by molar-refractivity contribution is -0.151. The van der Waals surface area contributed by atoms with Crippen LogP contribution in [0, 0.1) is 5.92 Å². The number of ether oxygens (including phenoxy) is 2.